The Morgan fingerprint density at radius 2 is 1.84 bits per heavy atom. The molecule has 6 nitrogen and oxygen atoms in total. The SMILES string of the molecule is COc1cc(/C=N/NC(=O)c2cc(-c3ccccc3)nc3ccccc23)cc(I)c1O. The molecule has 0 spiro atoms. The molecule has 1 amide bonds. The van der Waals surface area contributed by atoms with E-state index in [0.29, 0.717) is 26.1 Å². The molecule has 0 aliphatic carbocycles. The zero-order valence-corrected chi connectivity index (χ0v) is 18.7. The average Bonchev–Trinajstić information content (AvgIpc) is 2.81. The first-order chi connectivity index (χ1) is 15.1. The zero-order chi connectivity index (χ0) is 21.8. The first-order valence-electron chi connectivity index (χ1n) is 9.42. The normalized spacial score (nSPS) is 11.0. The summed E-state index contributed by atoms with van der Waals surface area (Å²) in [6.45, 7) is 0. The summed E-state index contributed by atoms with van der Waals surface area (Å²) >= 11 is 2.01. The molecule has 2 N–H and O–H groups in total. The molecule has 0 aliphatic rings. The van der Waals surface area contributed by atoms with Gasteiger partial charge in [-0.05, 0) is 52.4 Å². The number of amides is 1. The molecule has 1 aromatic heterocycles. The predicted octanol–water partition coefficient (Wildman–Crippen LogP) is 4.98. The number of nitrogens with zero attached hydrogens (tertiary/aromatic N) is 2. The van der Waals surface area contributed by atoms with Crippen LogP contribution in [0.1, 0.15) is 15.9 Å². The van der Waals surface area contributed by atoms with Crippen molar-refractivity contribution in [2.75, 3.05) is 7.11 Å². The minimum absolute atomic E-state index is 0.0704. The molecule has 4 rings (SSSR count). The molecule has 1 heterocycles. The lowest BCUT2D eigenvalue weighted by Crippen LogP contribution is -2.18. The van der Waals surface area contributed by atoms with Crippen molar-refractivity contribution < 1.29 is 14.6 Å². The molecule has 0 saturated heterocycles. The number of hydrogen-bond donors (Lipinski definition) is 2. The predicted molar refractivity (Wildman–Crippen MR) is 130 cm³/mol. The maximum Gasteiger partial charge on any atom is 0.272 e. The molecule has 31 heavy (non-hydrogen) atoms. The largest absolute Gasteiger partial charge is 0.504 e. The highest BCUT2D eigenvalue weighted by Crippen LogP contribution is 2.31. The van der Waals surface area contributed by atoms with Gasteiger partial charge in [0.05, 0.1) is 33.7 Å². The summed E-state index contributed by atoms with van der Waals surface area (Å²) < 4.78 is 5.78. The summed E-state index contributed by atoms with van der Waals surface area (Å²) in [5.74, 6) is 0.0701. The number of nitrogens with one attached hydrogen (secondary N) is 1. The van der Waals surface area contributed by atoms with E-state index in [-0.39, 0.29) is 11.7 Å². The number of aromatic hydroxyl groups is 1. The molecule has 7 heteroatoms. The molecular formula is C24H18IN3O3. The van der Waals surface area contributed by atoms with Crippen LogP contribution in [-0.4, -0.2) is 29.3 Å². The fourth-order valence-electron chi connectivity index (χ4n) is 3.17. The van der Waals surface area contributed by atoms with Crippen molar-refractivity contribution >= 4 is 45.6 Å². The van der Waals surface area contributed by atoms with Gasteiger partial charge in [0.1, 0.15) is 0 Å². The van der Waals surface area contributed by atoms with Gasteiger partial charge in [0, 0.05) is 10.9 Å². The number of phenols is 1. The second kappa shape index (κ2) is 9.13. The summed E-state index contributed by atoms with van der Waals surface area (Å²) in [6.07, 6.45) is 1.50. The maximum absolute atomic E-state index is 13.0. The van der Waals surface area contributed by atoms with E-state index in [1.165, 1.54) is 13.3 Å². The Kier molecular flexibility index (Phi) is 6.13. The van der Waals surface area contributed by atoms with Gasteiger partial charge in [-0.25, -0.2) is 10.4 Å². The number of ether oxygens (including phenoxy) is 1. The topological polar surface area (TPSA) is 83.8 Å². The number of hydrazone groups is 1. The number of carbonyl (C=O) groups excluding carboxylic acids is 1. The quantitative estimate of drug-likeness (QED) is 0.220. The summed E-state index contributed by atoms with van der Waals surface area (Å²) in [5, 5.41) is 14.8. The molecule has 154 valence electrons. The Hall–Kier alpha value is -3.46. The number of methoxy groups -OCH3 is 1. The number of carbonyl (C=O) groups is 1. The molecule has 0 fully saturated rings. The van der Waals surface area contributed by atoms with Crippen LogP contribution >= 0.6 is 22.6 Å². The van der Waals surface area contributed by atoms with Gasteiger partial charge in [0.2, 0.25) is 0 Å². The van der Waals surface area contributed by atoms with Crippen LogP contribution in [0.15, 0.2) is 77.9 Å². The van der Waals surface area contributed by atoms with Gasteiger partial charge >= 0.3 is 0 Å². The van der Waals surface area contributed by atoms with E-state index in [0.717, 1.165) is 16.5 Å². The number of para-hydroxylation sites is 1. The van der Waals surface area contributed by atoms with Gasteiger partial charge in [-0.3, -0.25) is 4.79 Å². The molecule has 0 atom stereocenters. The van der Waals surface area contributed by atoms with Gasteiger partial charge < -0.3 is 9.84 Å². The molecule has 4 aromatic rings. The number of phenolic OH excluding ortho intramolecular Hbond substituents is 1. The smallest absolute Gasteiger partial charge is 0.272 e. The van der Waals surface area contributed by atoms with Crippen molar-refractivity contribution in [3.8, 4) is 22.8 Å². The maximum atomic E-state index is 13.0. The molecule has 0 radical (unpaired) electrons. The fourth-order valence-corrected chi connectivity index (χ4v) is 3.80. The number of fused-ring (bicyclic) bond motifs is 1. The number of rotatable bonds is 5. The lowest BCUT2D eigenvalue weighted by molar-refractivity contribution is 0.0956. The van der Waals surface area contributed by atoms with Gasteiger partial charge in [-0.15, -0.1) is 0 Å². The number of aromatic nitrogens is 1. The first-order valence-corrected chi connectivity index (χ1v) is 10.5. The highest BCUT2D eigenvalue weighted by molar-refractivity contribution is 14.1. The second-order valence-electron chi connectivity index (χ2n) is 6.69. The third kappa shape index (κ3) is 4.51. The molecule has 0 saturated carbocycles. The van der Waals surface area contributed by atoms with Crippen molar-refractivity contribution in [2.24, 2.45) is 5.10 Å². The van der Waals surface area contributed by atoms with Gasteiger partial charge in [0.25, 0.3) is 5.91 Å². The third-order valence-corrected chi connectivity index (χ3v) is 5.50. The van der Waals surface area contributed by atoms with E-state index in [1.54, 1.807) is 18.2 Å². The minimum atomic E-state index is -0.340. The lowest BCUT2D eigenvalue weighted by atomic mass is 10.0. The Morgan fingerprint density at radius 3 is 2.61 bits per heavy atom. The fraction of sp³-hybridized carbons (Fsp3) is 0.0417. The van der Waals surface area contributed by atoms with E-state index in [2.05, 4.69) is 10.5 Å². The van der Waals surface area contributed by atoms with Crippen LogP contribution in [0.3, 0.4) is 0 Å². The van der Waals surface area contributed by atoms with Crippen LogP contribution < -0.4 is 10.2 Å². The van der Waals surface area contributed by atoms with Crippen LogP contribution in [0.2, 0.25) is 0 Å². The lowest BCUT2D eigenvalue weighted by Gasteiger charge is -2.09. The molecule has 0 unspecified atom stereocenters. The van der Waals surface area contributed by atoms with Crippen molar-refractivity contribution in [2.45, 2.75) is 0 Å². The summed E-state index contributed by atoms with van der Waals surface area (Å²) in [4.78, 5) is 17.7. The van der Waals surface area contributed by atoms with E-state index in [4.69, 9.17) is 9.72 Å². The second-order valence-corrected chi connectivity index (χ2v) is 7.85. The summed E-state index contributed by atoms with van der Waals surface area (Å²) in [7, 11) is 1.48. The van der Waals surface area contributed by atoms with Crippen molar-refractivity contribution in [1.29, 1.82) is 0 Å². The number of benzene rings is 3. The summed E-state index contributed by atoms with van der Waals surface area (Å²) in [6, 6.07) is 22.4. The highest BCUT2D eigenvalue weighted by atomic mass is 127. The number of hydrogen-bond acceptors (Lipinski definition) is 5. The molecule has 0 bridgehead atoms. The van der Waals surface area contributed by atoms with E-state index in [1.807, 2.05) is 77.2 Å². The van der Waals surface area contributed by atoms with Crippen LogP contribution in [0.5, 0.6) is 11.5 Å². The zero-order valence-electron chi connectivity index (χ0n) is 16.5. The monoisotopic (exact) mass is 523 g/mol. The standard InChI is InChI=1S/C24H18IN3O3/c1-31-22-12-15(11-19(25)23(22)29)14-26-28-24(30)18-13-21(16-7-3-2-4-8-16)27-20-10-6-5-9-17(18)20/h2-14,29H,1H3,(H,28,30)/b26-14+. The number of pyridine rings is 1. The van der Waals surface area contributed by atoms with Crippen molar-refractivity contribution in [3.63, 3.8) is 0 Å². The van der Waals surface area contributed by atoms with E-state index in [9.17, 15) is 9.90 Å². The van der Waals surface area contributed by atoms with Crippen LogP contribution in [0.25, 0.3) is 22.2 Å². The van der Waals surface area contributed by atoms with E-state index < -0.39 is 0 Å². The van der Waals surface area contributed by atoms with Crippen LogP contribution in [0.4, 0.5) is 0 Å². The summed E-state index contributed by atoms with van der Waals surface area (Å²) in [5.41, 5.74) is 6.13. The Bertz CT molecular complexity index is 1290. The molecular weight excluding hydrogens is 505 g/mol. The van der Waals surface area contributed by atoms with Gasteiger partial charge in [-0.1, -0.05) is 48.5 Å². The molecule has 3 aromatic carbocycles. The van der Waals surface area contributed by atoms with E-state index >= 15 is 0 Å². The third-order valence-electron chi connectivity index (χ3n) is 4.68. The number of halogens is 1. The van der Waals surface area contributed by atoms with Gasteiger partial charge in [0.15, 0.2) is 11.5 Å². The first kappa shape index (κ1) is 20.8. The Labute approximate surface area is 192 Å². The van der Waals surface area contributed by atoms with Gasteiger partial charge in [-0.2, -0.15) is 5.10 Å². The molecule has 0 aliphatic heterocycles. The van der Waals surface area contributed by atoms with Crippen LogP contribution in [0, 0.1) is 3.57 Å². The highest BCUT2D eigenvalue weighted by Gasteiger charge is 2.13. The Balaban J connectivity index is 1.65. The Morgan fingerprint density at radius 1 is 1.10 bits per heavy atom. The minimum Gasteiger partial charge on any atom is -0.504 e. The average molecular weight is 523 g/mol. The van der Waals surface area contributed by atoms with Crippen molar-refractivity contribution in [1.82, 2.24) is 10.4 Å². The van der Waals surface area contributed by atoms with Crippen molar-refractivity contribution in [3.05, 3.63) is 87.5 Å². The van der Waals surface area contributed by atoms with Crippen LogP contribution in [-0.2, 0) is 0 Å².